The summed E-state index contributed by atoms with van der Waals surface area (Å²) in [6, 6.07) is 7.24. The molecule has 1 heterocycles. The minimum atomic E-state index is 0.416. The van der Waals surface area contributed by atoms with Gasteiger partial charge in [-0.3, -0.25) is 4.68 Å². The van der Waals surface area contributed by atoms with Crippen LogP contribution in [0.4, 0.5) is 0 Å². The smallest absolute Gasteiger partial charge is 0.0521 e. The van der Waals surface area contributed by atoms with Crippen LogP contribution in [-0.4, -0.2) is 16.3 Å². The molecule has 0 fully saturated rings. The summed E-state index contributed by atoms with van der Waals surface area (Å²) in [5.74, 6) is 0. The van der Waals surface area contributed by atoms with Crippen LogP contribution in [0.15, 0.2) is 30.6 Å². The van der Waals surface area contributed by atoms with Gasteiger partial charge >= 0.3 is 0 Å². The zero-order valence-corrected chi connectivity index (χ0v) is 13.0. The first-order valence-electron chi connectivity index (χ1n) is 7.37. The lowest BCUT2D eigenvalue weighted by molar-refractivity contribution is 0.515. The van der Waals surface area contributed by atoms with Gasteiger partial charge in [-0.1, -0.05) is 36.2 Å². The van der Waals surface area contributed by atoms with Crippen molar-refractivity contribution in [1.82, 2.24) is 15.1 Å². The summed E-state index contributed by atoms with van der Waals surface area (Å²) < 4.78 is 1.87. The van der Waals surface area contributed by atoms with E-state index in [1.165, 1.54) is 22.3 Å². The number of nitrogens with one attached hydrogen (secondary N) is 1. The molecule has 0 spiro atoms. The molecule has 1 aromatic heterocycles. The van der Waals surface area contributed by atoms with Crippen molar-refractivity contribution in [3.05, 3.63) is 52.8 Å². The quantitative estimate of drug-likeness (QED) is 0.873. The van der Waals surface area contributed by atoms with Crippen molar-refractivity contribution in [1.29, 1.82) is 0 Å². The fraction of sp³-hybridized carbons (Fsp3) is 0.471. The van der Waals surface area contributed by atoms with E-state index < -0.39 is 0 Å². The third-order valence-electron chi connectivity index (χ3n) is 3.58. The standard InChI is InChI=1S/C17H25N3/c1-5-18-17(7-6-15-11-19-20(4)12-15)16-9-13(2)8-14(3)10-16/h8-12,17-18H,5-7H2,1-4H3. The van der Waals surface area contributed by atoms with Gasteiger partial charge in [-0.25, -0.2) is 0 Å². The van der Waals surface area contributed by atoms with Crippen molar-refractivity contribution in [2.75, 3.05) is 6.54 Å². The van der Waals surface area contributed by atoms with Gasteiger partial charge in [0.05, 0.1) is 6.20 Å². The lowest BCUT2D eigenvalue weighted by Gasteiger charge is -2.19. The fourth-order valence-electron chi connectivity index (χ4n) is 2.76. The molecule has 108 valence electrons. The van der Waals surface area contributed by atoms with Crippen LogP contribution in [-0.2, 0) is 13.5 Å². The molecule has 20 heavy (non-hydrogen) atoms. The van der Waals surface area contributed by atoms with Crippen molar-refractivity contribution in [2.45, 2.75) is 39.7 Å². The van der Waals surface area contributed by atoms with Crippen molar-refractivity contribution in [3.63, 3.8) is 0 Å². The summed E-state index contributed by atoms with van der Waals surface area (Å²) in [6.07, 6.45) is 6.22. The molecule has 3 nitrogen and oxygen atoms in total. The molecule has 0 radical (unpaired) electrons. The van der Waals surface area contributed by atoms with Gasteiger partial charge in [-0.15, -0.1) is 0 Å². The molecule has 0 aliphatic heterocycles. The van der Waals surface area contributed by atoms with Gasteiger partial charge in [-0.2, -0.15) is 5.10 Å². The fourth-order valence-corrected chi connectivity index (χ4v) is 2.76. The Balaban J connectivity index is 2.09. The van der Waals surface area contributed by atoms with Gasteiger partial charge in [0.2, 0.25) is 0 Å². The predicted molar refractivity (Wildman–Crippen MR) is 83.9 cm³/mol. The zero-order chi connectivity index (χ0) is 14.5. The Morgan fingerprint density at radius 1 is 1.20 bits per heavy atom. The van der Waals surface area contributed by atoms with Crippen LogP contribution in [0.1, 0.15) is 41.6 Å². The number of aryl methyl sites for hydroxylation is 4. The van der Waals surface area contributed by atoms with E-state index in [-0.39, 0.29) is 0 Å². The third-order valence-corrected chi connectivity index (χ3v) is 3.58. The second-order valence-electron chi connectivity index (χ2n) is 5.59. The summed E-state index contributed by atoms with van der Waals surface area (Å²) in [7, 11) is 1.97. The van der Waals surface area contributed by atoms with Crippen LogP contribution in [0.5, 0.6) is 0 Å². The topological polar surface area (TPSA) is 29.9 Å². The van der Waals surface area contributed by atoms with E-state index in [2.05, 4.69) is 55.6 Å². The predicted octanol–water partition coefficient (Wildman–Crippen LogP) is 3.32. The Bertz CT molecular complexity index is 537. The van der Waals surface area contributed by atoms with Crippen molar-refractivity contribution < 1.29 is 0 Å². The second-order valence-corrected chi connectivity index (χ2v) is 5.59. The monoisotopic (exact) mass is 271 g/mol. The SMILES string of the molecule is CCNC(CCc1cnn(C)c1)c1cc(C)cc(C)c1. The van der Waals surface area contributed by atoms with Crippen molar-refractivity contribution >= 4 is 0 Å². The maximum absolute atomic E-state index is 4.24. The molecule has 2 rings (SSSR count). The largest absolute Gasteiger partial charge is 0.310 e. The van der Waals surface area contributed by atoms with Crippen LogP contribution < -0.4 is 5.32 Å². The number of rotatable bonds is 6. The molecule has 1 unspecified atom stereocenters. The third kappa shape index (κ3) is 3.94. The van der Waals surface area contributed by atoms with Gasteiger partial charge in [0.1, 0.15) is 0 Å². The van der Waals surface area contributed by atoms with Crippen LogP contribution in [0.2, 0.25) is 0 Å². The average molecular weight is 271 g/mol. The molecular weight excluding hydrogens is 246 g/mol. The molecule has 0 bridgehead atoms. The zero-order valence-electron chi connectivity index (χ0n) is 13.0. The van der Waals surface area contributed by atoms with Gasteiger partial charge in [-0.05, 0) is 44.4 Å². The van der Waals surface area contributed by atoms with Gasteiger partial charge in [0.25, 0.3) is 0 Å². The highest BCUT2D eigenvalue weighted by Crippen LogP contribution is 2.21. The van der Waals surface area contributed by atoms with Gasteiger partial charge in [0.15, 0.2) is 0 Å². The first kappa shape index (κ1) is 14.8. The van der Waals surface area contributed by atoms with Crippen molar-refractivity contribution in [3.8, 4) is 0 Å². The van der Waals surface area contributed by atoms with E-state index >= 15 is 0 Å². The average Bonchev–Trinajstić information content (AvgIpc) is 2.79. The number of hydrogen-bond acceptors (Lipinski definition) is 2. The minimum Gasteiger partial charge on any atom is -0.310 e. The van der Waals surface area contributed by atoms with Crippen molar-refractivity contribution in [2.24, 2.45) is 7.05 Å². The molecule has 0 aliphatic rings. The van der Waals surface area contributed by atoms with Crippen LogP contribution in [0.25, 0.3) is 0 Å². The Hall–Kier alpha value is -1.61. The molecule has 1 aromatic carbocycles. The Kier molecular flexibility index (Phi) is 4.96. The molecule has 0 amide bonds. The first-order chi connectivity index (χ1) is 9.58. The van der Waals surface area contributed by atoms with Gasteiger partial charge < -0.3 is 5.32 Å². The van der Waals surface area contributed by atoms with E-state index in [1.54, 1.807) is 0 Å². The Morgan fingerprint density at radius 3 is 2.45 bits per heavy atom. The lowest BCUT2D eigenvalue weighted by atomic mass is 9.97. The normalized spacial score (nSPS) is 12.6. The first-order valence-corrected chi connectivity index (χ1v) is 7.37. The van der Waals surface area contributed by atoms with Crippen LogP contribution in [0.3, 0.4) is 0 Å². The summed E-state index contributed by atoms with van der Waals surface area (Å²) in [4.78, 5) is 0. The number of benzene rings is 1. The van der Waals surface area contributed by atoms with E-state index in [9.17, 15) is 0 Å². The Morgan fingerprint density at radius 2 is 1.90 bits per heavy atom. The molecule has 3 heteroatoms. The number of aromatic nitrogens is 2. The highest BCUT2D eigenvalue weighted by molar-refractivity contribution is 5.30. The summed E-state index contributed by atoms with van der Waals surface area (Å²) >= 11 is 0. The highest BCUT2D eigenvalue weighted by Gasteiger charge is 2.11. The van der Waals surface area contributed by atoms with Gasteiger partial charge in [0, 0.05) is 19.3 Å². The summed E-state index contributed by atoms with van der Waals surface area (Å²) in [5, 5.41) is 7.84. The van der Waals surface area contributed by atoms with Crippen LogP contribution in [0, 0.1) is 13.8 Å². The van der Waals surface area contributed by atoms with E-state index in [1.807, 2.05) is 17.9 Å². The molecule has 0 aliphatic carbocycles. The summed E-state index contributed by atoms with van der Waals surface area (Å²) in [5.41, 5.74) is 5.38. The molecule has 1 atom stereocenters. The lowest BCUT2D eigenvalue weighted by Crippen LogP contribution is -2.21. The molecule has 1 N–H and O–H groups in total. The number of hydrogen-bond donors (Lipinski definition) is 1. The highest BCUT2D eigenvalue weighted by atomic mass is 15.2. The second kappa shape index (κ2) is 6.71. The van der Waals surface area contributed by atoms with E-state index in [0.717, 1.165) is 19.4 Å². The summed E-state index contributed by atoms with van der Waals surface area (Å²) in [6.45, 7) is 7.49. The van der Waals surface area contributed by atoms with E-state index in [4.69, 9.17) is 0 Å². The van der Waals surface area contributed by atoms with E-state index in [0.29, 0.717) is 6.04 Å². The van der Waals surface area contributed by atoms with Crippen LogP contribution >= 0.6 is 0 Å². The molecular formula is C17H25N3. The maximum Gasteiger partial charge on any atom is 0.0521 e. The maximum atomic E-state index is 4.24. The Labute approximate surface area is 122 Å². The molecule has 0 saturated carbocycles. The molecule has 0 saturated heterocycles. The molecule has 2 aromatic rings. The minimum absolute atomic E-state index is 0.416. The number of nitrogens with zero attached hydrogens (tertiary/aromatic N) is 2.